The molecule has 0 saturated heterocycles. The van der Waals surface area contributed by atoms with E-state index < -0.39 is 0 Å². The van der Waals surface area contributed by atoms with Crippen molar-refractivity contribution in [1.29, 1.82) is 0 Å². The van der Waals surface area contributed by atoms with Crippen molar-refractivity contribution >= 4 is 56.7 Å². The summed E-state index contributed by atoms with van der Waals surface area (Å²) in [5, 5.41) is 4.30. The monoisotopic (exact) mass is 408 g/mol. The lowest BCUT2D eigenvalue weighted by Crippen LogP contribution is -2.12. The first-order chi connectivity index (χ1) is 10.1. The number of hydrogen-bond acceptors (Lipinski definition) is 2. The summed E-state index contributed by atoms with van der Waals surface area (Å²) in [4.78, 5) is 16.5. The van der Waals surface area contributed by atoms with Crippen LogP contribution in [0, 0.1) is 3.57 Å². The Hall–Kier alpha value is -1.66. The fourth-order valence-corrected chi connectivity index (χ4v) is 2.62. The Balaban J connectivity index is 1.97. The molecule has 3 rings (SSSR count). The van der Waals surface area contributed by atoms with E-state index in [1.165, 1.54) is 0 Å². The number of rotatable bonds is 2. The highest BCUT2D eigenvalue weighted by Gasteiger charge is 2.10. The average molecular weight is 409 g/mol. The number of carbonyl (C=O) groups excluding carboxylic acids is 1. The van der Waals surface area contributed by atoms with Crippen molar-refractivity contribution in [2.75, 3.05) is 5.32 Å². The van der Waals surface area contributed by atoms with E-state index in [2.05, 4.69) is 32.9 Å². The van der Waals surface area contributed by atoms with Crippen LogP contribution in [0.2, 0.25) is 5.02 Å². The fourth-order valence-electron chi connectivity index (χ4n) is 2.04. The van der Waals surface area contributed by atoms with Crippen molar-refractivity contribution < 1.29 is 4.79 Å². The number of carbonyl (C=O) groups is 1. The van der Waals surface area contributed by atoms with Gasteiger partial charge in [-0.15, -0.1) is 0 Å². The number of benzene rings is 2. The molecule has 0 unspecified atom stereocenters. The lowest BCUT2D eigenvalue weighted by Gasteiger charge is -2.09. The third kappa shape index (κ3) is 3.01. The van der Waals surface area contributed by atoms with Crippen LogP contribution in [0.1, 0.15) is 10.4 Å². The van der Waals surface area contributed by atoms with Crippen molar-refractivity contribution in [2.45, 2.75) is 0 Å². The maximum Gasteiger partial charge on any atom is 0.255 e. The Kier molecular flexibility index (Phi) is 4.07. The lowest BCUT2D eigenvalue weighted by molar-refractivity contribution is 0.102. The van der Waals surface area contributed by atoms with Gasteiger partial charge < -0.3 is 5.32 Å². The first-order valence-electron chi connectivity index (χ1n) is 6.25. The van der Waals surface area contributed by atoms with Gasteiger partial charge in [0, 0.05) is 20.7 Å². The number of nitrogens with one attached hydrogen (secondary N) is 1. The number of pyridine rings is 1. The van der Waals surface area contributed by atoms with Crippen LogP contribution in [0.3, 0.4) is 0 Å². The van der Waals surface area contributed by atoms with E-state index in [9.17, 15) is 4.79 Å². The van der Waals surface area contributed by atoms with Crippen LogP contribution in [-0.4, -0.2) is 10.9 Å². The minimum atomic E-state index is -0.154. The zero-order valence-corrected chi connectivity index (χ0v) is 13.7. The van der Waals surface area contributed by atoms with Crippen LogP contribution in [0.25, 0.3) is 10.9 Å². The molecule has 3 nitrogen and oxygen atoms in total. The highest BCUT2D eigenvalue weighted by atomic mass is 127. The van der Waals surface area contributed by atoms with Gasteiger partial charge in [0.25, 0.3) is 5.91 Å². The van der Waals surface area contributed by atoms with Gasteiger partial charge in [-0.2, -0.15) is 0 Å². The molecule has 2 aromatic carbocycles. The lowest BCUT2D eigenvalue weighted by atomic mass is 10.1. The Morgan fingerprint density at radius 2 is 1.86 bits per heavy atom. The summed E-state index contributed by atoms with van der Waals surface area (Å²) < 4.78 is 1.09. The van der Waals surface area contributed by atoms with Crippen molar-refractivity contribution in [3.05, 3.63) is 68.9 Å². The molecule has 0 spiro atoms. The van der Waals surface area contributed by atoms with E-state index in [-0.39, 0.29) is 5.91 Å². The Morgan fingerprint density at radius 3 is 2.62 bits per heavy atom. The number of fused-ring (bicyclic) bond motifs is 1. The van der Waals surface area contributed by atoms with Crippen molar-refractivity contribution in [1.82, 2.24) is 4.98 Å². The predicted octanol–water partition coefficient (Wildman–Crippen LogP) is 4.75. The quantitative estimate of drug-likeness (QED) is 0.622. The van der Waals surface area contributed by atoms with Gasteiger partial charge in [0.05, 0.1) is 16.2 Å². The first kappa shape index (κ1) is 14.3. The molecular weight excluding hydrogens is 399 g/mol. The second kappa shape index (κ2) is 5.99. The van der Waals surface area contributed by atoms with E-state index in [4.69, 9.17) is 11.6 Å². The molecule has 104 valence electrons. The van der Waals surface area contributed by atoms with Crippen molar-refractivity contribution in [2.24, 2.45) is 0 Å². The average Bonchev–Trinajstić information content (AvgIpc) is 2.51. The van der Waals surface area contributed by atoms with Gasteiger partial charge in [-0.1, -0.05) is 11.6 Å². The summed E-state index contributed by atoms with van der Waals surface area (Å²) in [6.07, 6.45) is 1.68. The van der Waals surface area contributed by atoms with E-state index >= 15 is 0 Å². The molecule has 0 aliphatic heterocycles. The minimum absolute atomic E-state index is 0.154. The molecule has 0 fully saturated rings. The number of anilines is 1. The van der Waals surface area contributed by atoms with Gasteiger partial charge in [-0.3, -0.25) is 9.78 Å². The topological polar surface area (TPSA) is 42.0 Å². The zero-order chi connectivity index (χ0) is 14.8. The smallest absolute Gasteiger partial charge is 0.255 e. The summed E-state index contributed by atoms with van der Waals surface area (Å²) in [6.45, 7) is 0. The van der Waals surface area contributed by atoms with E-state index in [0.29, 0.717) is 21.8 Å². The van der Waals surface area contributed by atoms with Gasteiger partial charge in [0.15, 0.2) is 0 Å². The maximum absolute atomic E-state index is 12.3. The standard InChI is InChI=1S/C16H10ClIN2O/c17-13-7-8-14(12-2-1-9-19-15(12)13)20-16(21)10-3-5-11(18)6-4-10/h1-9H,(H,20,21). The van der Waals surface area contributed by atoms with Gasteiger partial charge in [-0.25, -0.2) is 0 Å². The normalized spacial score (nSPS) is 10.6. The third-order valence-corrected chi connectivity index (χ3v) is 4.10. The second-order valence-corrected chi connectivity index (χ2v) is 6.11. The number of nitrogens with zero attached hydrogens (tertiary/aromatic N) is 1. The van der Waals surface area contributed by atoms with E-state index in [1.54, 1.807) is 30.5 Å². The molecule has 1 amide bonds. The molecule has 1 heterocycles. The summed E-state index contributed by atoms with van der Waals surface area (Å²) >= 11 is 8.33. The molecule has 0 saturated carbocycles. The molecule has 0 aliphatic rings. The first-order valence-corrected chi connectivity index (χ1v) is 7.71. The minimum Gasteiger partial charge on any atom is -0.321 e. The van der Waals surface area contributed by atoms with Gasteiger partial charge in [0.1, 0.15) is 0 Å². The number of halogens is 2. The summed E-state index contributed by atoms with van der Waals surface area (Å²) in [6, 6.07) is 14.6. The van der Waals surface area contributed by atoms with Crippen LogP contribution in [0.4, 0.5) is 5.69 Å². The molecule has 1 aromatic heterocycles. The molecule has 0 aliphatic carbocycles. The Morgan fingerprint density at radius 1 is 1.10 bits per heavy atom. The SMILES string of the molecule is O=C(Nc1ccc(Cl)c2ncccc12)c1ccc(I)cc1. The zero-order valence-electron chi connectivity index (χ0n) is 10.8. The number of amides is 1. The molecular formula is C16H10ClIN2O. The van der Waals surface area contributed by atoms with E-state index in [0.717, 1.165) is 8.96 Å². The van der Waals surface area contributed by atoms with Crippen LogP contribution >= 0.6 is 34.2 Å². The fraction of sp³-hybridized carbons (Fsp3) is 0. The van der Waals surface area contributed by atoms with Crippen LogP contribution in [-0.2, 0) is 0 Å². The maximum atomic E-state index is 12.3. The van der Waals surface area contributed by atoms with Gasteiger partial charge in [-0.05, 0) is 71.1 Å². The predicted molar refractivity (Wildman–Crippen MR) is 93.9 cm³/mol. The molecule has 0 radical (unpaired) electrons. The molecule has 0 atom stereocenters. The number of aromatic nitrogens is 1. The van der Waals surface area contributed by atoms with Gasteiger partial charge >= 0.3 is 0 Å². The summed E-state index contributed by atoms with van der Waals surface area (Å²) in [5.41, 5.74) is 1.99. The van der Waals surface area contributed by atoms with Crippen molar-refractivity contribution in [3.63, 3.8) is 0 Å². The number of hydrogen-bond donors (Lipinski definition) is 1. The largest absolute Gasteiger partial charge is 0.321 e. The van der Waals surface area contributed by atoms with E-state index in [1.807, 2.05) is 24.3 Å². The molecule has 1 N–H and O–H groups in total. The Labute approximate surface area is 140 Å². The summed E-state index contributed by atoms with van der Waals surface area (Å²) in [7, 11) is 0. The third-order valence-electron chi connectivity index (χ3n) is 3.08. The van der Waals surface area contributed by atoms with Crippen LogP contribution < -0.4 is 5.32 Å². The summed E-state index contributed by atoms with van der Waals surface area (Å²) in [5.74, 6) is -0.154. The highest BCUT2D eigenvalue weighted by Crippen LogP contribution is 2.28. The molecule has 21 heavy (non-hydrogen) atoms. The molecule has 3 aromatic rings. The molecule has 0 bridgehead atoms. The van der Waals surface area contributed by atoms with Crippen molar-refractivity contribution in [3.8, 4) is 0 Å². The Bertz CT molecular complexity index is 818. The molecule has 5 heteroatoms. The second-order valence-electron chi connectivity index (χ2n) is 4.46. The van der Waals surface area contributed by atoms with Crippen LogP contribution in [0.15, 0.2) is 54.7 Å². The van der Waals surface area contributed by atoms with Crippen LogP contribution in [0.5, 0.6) is 0 Å². The van der Waals surface area contributed by atoms with Gasteiger partial charge in [0.2, 0.25) is 0 Å². The highest BCUT2D eigenvalue weighted by molar-refractivity contribution is 14.1.